The topological polar surface area (TPSA) is 102 Å². The van der Waals surface area contributed by atoms with Crippen molar-refractivity contribution in [2.45, 2.75) is 4.90 Å². The van der Waals surface area contributed by atoms with Crippen LogP contribution in [0.25, 0.3) is 0 Å². The summed E-state index contributed by atoms with van der Waals surface area (Å²) >= 11 is 6.16. The van der Waals surface area contributed by atoms with Crippen LogP contribution in [0.1, 0.15) is 15.9 Å². The molecule has 0 heterocycles. The number of anilines is 2. The van der Waals surface area contributed by atoms with Crippen molar-refractivity contribution in [1.82, 2.24) is 0 Å². The first-order valence-corrected chi connectivity index (χ1v) is 13.6. The molecule has 8 nitrogen and oxygen atoms in total. The monoisotopic (exact) mass is 564 g/mol. The molecule has 200 valence electrons. The minimum atomic E-state index is -4.23. The molecule has 0 saturated heterocycles. The summed E-state index contributed by atoms with van der Waals surface area (Å²) in [5.41, 5.74) is 0.864. The van der Waals surface area contributed by atoms with Gasteiger partial charge in [-0.2, -0.15) is 0 Å². The van der Waals surface area contributed by atoms with Gasteiger partial charge in [0.05, 0.1) is 30.5 Å². The van der Waals surface area contributed by atoms with Gasteiger partial charge in [0.15, 0.2) is 5.78 Å². The minimum Gasteiger partial charge on any atom is -0.497 e. The van der Waals surface area contributed by atoms with Gasteiger partial charge in [-0.25, -0.2) is 8.42 Å². The number of ketones is 1. The third kappa shape index (κ3) is 6.22. The highest BCUT2D eigenvalue weighted by Crippen LogP contribution is 2.36. The van der Waals surface area contributed by atoms with E-state index in [1.165, 1.54) is 50.6 Å². The lowest BCUT2D eigenvalue weighted by atomic mass is 10.0. The summed E-state index contributed by atoms with van der Waals surface area (Å²) in [5.74, 6) is -0.456. The maximum absolute atomic E-state index is 13.8. The molecule has 0 radical (unpaired) electrons. The number of carbonyl (C=O) groups is 2. The fourth-order valence-electron chi connectivity index (χ4n) is 3.89. The Hall–Kier alpha value is -4.34. The summed E-state index contributed by atoms with van der Waals surface area (Å²) in [6.45, 7) is -0.623. The fourth-order valence-corrected chi connectivity index (χ4v) is 5.51. The van der Waals surface area contributed by atoms with Crippen molar-refractivity contribution in [3.05, 3.63) is 113 Å². The summed E-state index contributed by atoms with van der Waals surface area (Å²) < 4.78 is 39.2. The van der Waals surface area contributed by atoms with Crippen LogP contribution in [0.5, 0.6) is 11.5 Å². The van der Waals surface area contributed by atoms with Crippen molar-refractivity contribution >= 4 is 44.7 Å². The molecule has 0 fully saturated rings. The zero-order valence-electron chi connectivity index (χ0n) is 21.1. The van der Waals surface area contributed by atoms with Crippen molar-refractivity contribution in [2.75, 3.05) is 30.4 Å². The van der Waals surface area contributed by atoms with E-state index in [4.69, 9.17) is 21.1 Å². The van der Waals surface area contributed by atoms with Crippen molar-refractivity contribution in [3.8, 4) is 11.5 Å². The minimum absolute atomic E-state index is 0.0193. The zero-order chi connectivity index (χ0) is 28.0. The van der Waals surface area contributed by atoms with Crippen molar-refractivity contribution < 1.29 is 27.5 Å². The molecule has 0 aliphatic rings. The number of nitrogens with zero attached hydrogens (tertiary/aromatic N) is 1. The summed E-state index contributed by atoms with van der Waals surface area (Å²) in [6, 6.07) is 25.4. The molecule has 0 unspecified atom stereocenters. The number of amides is 1. The lowest BCUT2D eigenvalue weighted by Gasteiger charge is -2.26. The standard InChI is InChI=1S/C29H25ClN2O6S/c1-37-22-14-16-27(38-2)26(18-22)32(39(35,36)23-11-7-4-8-12-23)19-28(33)31-25-15-13-21(30)17-24(25)29(34)20-9-5-3-6-10-20/h3-18H,19H2,1-2H3,(H,31,33). The van der Waals surface area contributed by atoms with Crippen LogP contribution in [0, 0.1) is 0 Å². The number of methoxy groups -OCH3 is 2. The quantitative estimate of drug-likeness (QED) is 0.258. The van der Waals surface area contributed by atoms with E-state index in [1.807, 2.05) is 0 Å². The molecule has 0 bridgehead atoms. The van der Waals surface area contributed by atoms with Crippen LogP contribution < -0.4 is 19.1 Å². The molecule has 1 N–H and O–H groups in total. The van der Waals surface area contributed by atoms with Crippen LogP contribution in [0.4, 0.5) is 11.4 Å². The Balaban J connectivity index is 1.73. The maximum atomic E-state index is 13.8. The summed E-state index contributed by atoms with van der Waals surface area (Å²) in [4.78, 5) is 26.6. The van der Waals surface area contributed by atoms with Crippen molar-refractivity contribution in [3.63, 3.8) is 0 Å². The molecule has 0 aliphatic heterocycles. The SMILES string of the molecule is COc1ccc(OC)c(N(CC(=O)Nc2ccc(Cl)cc2C(=O)c2ccccc2)S(=O)(=O)c2ccccc2)c1. The highest BCUT2D eigenvalue weighted by atomic mass is 35.5. The van der Waals surface area contributed by atoms with Crippen LogP contribution in [0.2, 0.25) is 5.02 Å². The molecular formula is C29H25ClN2O6S. The Labute approximate surface area is 231 Å². The lowest BCUT2D eigenvalue weighted by molar-refractivity contribution is -0.114. The highest BCUT2D eigenvalue weighted by molar-refractivity contribution is 7.92. The van der Waals surface area contributed by atoms with Crippen LogP contribution in [0.15, 0.2) is 102 Å². The lowest BCUT2D eigenvalue weighted by Crippen LogP contribution is -2.38. The van der Waals surface area contributed by atoms with Gasteiger partial charge < -0.3 is 14.8 Å². The molecule has 4 aromatic carbocycles. The second-order valence-electron chi connectivity index (χ2n) is 8.30. The summed E-state index contributed by atoms with van der Waals surface area (Å²) in [7, 11) is -1.39. The maximum Gasteiger partial charge on any atom is 0.264 e. The Morgan fingerprint density at radius 2 is 1.51 bits per heavy atom. The molecule has 4 aromatic rings. The van der Waals surface area contributed by atoms with Crippen LogP contribution in [0.3, 0.4) is 0 Å². The first-order valence-electron chi connectivity index (χ1n) is 11.7. The van der Waals surface area contributed by atoms with E-state index in [9.17, 15) is 18.0 Å². The van der Waals surface area contributed by atoms with E-state index < -0.39 is 22.5 Å². The Bertz CT molecular complexity index is 1600. The Morgan fingerprint density at radius 3 is 2.15 bits per heavy atom. The van der Waals surface area contributed by atoms with Gasteiger partial charge in [0, 0.05) is 22.2 Å². The number of nitrogens with one attached hydrogen (secondary N) is 1. The van der Waals surface area contributed by atoms with Gasteiger partial charge in [-0.1, -0.05) is 60.1 Å². The fraction of sp³-hybridized carbons (Fsp3) is 0.103. The Kier molecular flexibility index (Phi) is 8.53. The van der Waals surface area contributed by atoms with Crippen molar-refractivity contribution in [2.24, 2.45) is 0 Å². The predicted molar refractivity (Wildman–Crippen MR) is 150 cm³/mol. The number of hydrogen-bond acceptors (Lipinski definition) is 6. The average Bonchev–Trinajstić information content (AvgIpc) is 2.97. The number of hydrogen-bond donors (Lipinski definition) is 1. The molecule has 0 spiro atoms. The Morgan fingerprint density at radius 1 is 0.846 bits per heavy atom. The van der Waals surface area contributed by atoms with E-state index in [1.54, 1.807) is 60.7 Å². The van der Waals surface area contributed by atoms with Gasteiger partial charge in [0.2, 0.25) is 5.91 Å². The normalized spacial score (nSPS) is 10.9. The third-order valence-electron chi connectivity index (χ3n) is 5.81. The molecule has 0 aliphatic carbocycles. The smallest absolute Gasteiger partial charge is 0.264 e. The molecule has 39 heavy (non-hydrogen) atoms. The van der Waals surface area contributed by atoms with Gasteiger partial charge in [-0.05, 0) is 42.5 Å². The molecule has 0 saturated carbocycles. The molecule has 4 rings (SSSR count). The van der Waals surface area contributed by atoms with Crippen molar-refractivity contribution in [1.29, 1.82) is 0 Å². The van der Waals surface area contributed by atoms with Gasteiger partial charge >= 0.3 is 0 Å². The van der Waals surface area contributed by atoms with Gasteiger partial charge in [-0.15, -0.1) is 0 Å². The van der Waals surface area contributed by atoms with Gasteiger partial charge in [-0.3, -0.25) is 13.9 Å². The van der Waals surface area contributed by atoms with E-state index in [2.05, 4.69) is 5.32 Å². The summed E-state index contributed by atoms with van der Waals surface area (Å²) in [5, 5.41) is 2.99. The molecule has 0 atom stereocenters. The number of ether oxygens (including phenoxy) is 2. The zero-order valence-corrected chi connectivity index (χ0v) is 22.7. The van der Waals surface area contributed by atoms with E-state index >= 15 is 0 Å². The number of halogens is 1. The number of rotatable bonds is 10. The first-order chi connectivity index (χ1) is 18.7. The average molecular weight is 565 g/mol. The van der Waals surface area contributed by atoms with Gasteiger partial charge in [0.1, 0.15) is 18.0 Å². The summed E-state index contributed by atoms with van der Waals surface area (Å²) in [6.07, 6.45) is 0. The number of carbonyl (C=O) groups excluding carboxylic acids is 2. The van der Waals surface area contributed by atoms with Crippen LogP contribution in [-0.4, -0.2) is 40.9 Å². The third-order valence-corrected chi connectivity index (χ3v) is 7.82. The molecule has 10 heteroatoms. The van der Waals surface area contributed by atoms with Gasteiger partial charge in [0.25, 0.3) is 10.0 Å². The van der Waals surface area contributed by atoms with E-state index in [-0.39, 0.29) is 33.4 Å². The predicted octanol–water partition coefficient (Wildman–Crippen LogP) is 5.42. The van der Waals surface area contributed by atoms with E-state index in [0.29, 0.717) is 16.3 Å². The van der Waals surface area contributed by atoms with Crippen LogP contribution >= 0.6 is 11.6 Å². The first kappa shape index (κ1) is 27.7. The van der Waals surface area contributed by atoms with Crippen LogP contribution in [-0.2, 0) is 14.8 Å². The molecule has 1 amide bonds. The van der Waals surface area contributed by atoms with E-state index in [0.717, 1.165) is 4.31 Å². The largest absolute Gasteiger partial charge is 0.497 e. The second kappa shape index (κ2) is 12.0. The second-order valence-corrected chi connectivity index (χ2v) is 10.6. The highest BCUT2D eigenvalue weighted by Gasteiger charge is 2.30. The molecule has 0 aromatic heterocycles. The number of sulfonamides is 1. The number of benzene rings is 4. The molecular weight excluding hydrogens is 540 g/mol.